The van der Waals surface area contributed by atoms with E-state index in [1.807, 2.05) is 0 Å². The van der Waals surface area contributed by atoms with Crippen LogP contribution in [0.4, 0.5) is 4.39 Å². The van der Waals surface area contributed by atoms with Crippen molar-refractivity contribution in [3.8, 4) is 5.75 Å². The molecule has 2 heterocycles. The molecule has 0 radical (unpaired) electrons. The topological polar surface area (TPSA) is 133 Å². The van der Waals surface area contributed by atoms with Crippen molar-refractivity contribution in [2.24, 2.45) is 0 Å². The van der Waals surface area contributed by atoms with Crippen LogP contribution >= 0.6 is 11.3 Å². The summed E-state index contributed by atoms with van der Waals surface area (Å²) in [6.45, 7) is -0.228. The van der Waals surface area contributed by atoms with Gasteiger partial charge in [-0.2, -0.15) is 4.31 Å². The van der Waals surface area contributed by atoms with Crippen molar-refractivity contribution < 1.29 is 37.0 Å². The number of carboxylic acid groups (broad SMARTS) is 1. The zero-order valence-electron chi connectivity index (χ0n) is 20.1. The van der Waals surface area contributed by atoms with Crippen LogP contribution in [0.25, 0.3) is 0 Å². The summed E-state index contributed by atoms with van der Waals surface area (Å²) in [4.78, 5) is 39.8. The number of benzene rings is 2. The molecular formula is C25H24FN3O7S2. The molecule has 2 unspecified atom stereocenters. The summed E-state index contributed by atoms with van der Waals surface area (Å²) in [5.74, 6) is -2.75. The minimum absolute atomic E-state index is 0.00494. The third-order valence-corrected chi connectivity index (χ3v) is 9.21. The number of carbonyl (C=O) groups is 3. The van der Waals surface area contributed by atoms with Gasteiger partial charge in [-0.3, -0.25) is 14.4 Å². The van der Waals surface area contributed by atoms with Crippen molar-refractivity contribution in [1.82, 2.24) is 14.5 Å². The van der Waals surface area contributed by atoms with E-state index >= 15 is 0 Å². The Morgan fingerprint density at radius 2 is 1.79 bits per heavy atom. The number of nitrogens with zero attached hydrogens (tertiary/aromatic N) is 2. The summed E-state index contributed by atoms with van der Waals surface area (Å²) in [7, 11) is -2.69. The molecule has 1 aliphatic rings. The van der Waals surface area contributed by atoms with Crippen molar-refractivity contribution in [2.75, 3.05) is 20.2 Å². The minimum atomic E-state index is -4.17. The number of hydrogen-bond acceptors (Lipinski definition) is 7. The Labute approximate surface area is 222 Å². The molecule has 13 heteroatoms. The van der Waals surface area contributed by atoms with Crippen molar-refractivity contribution >= 4 is 39.1 Å². The van der Waals surface area contributed by atoms with Crippen LogP contribution < -0.4 is 10.1 Å². The number of aliphatic carboxylic acids is 1. The number of methoxy groups -OCH3 is 1. The predicted molar refractivity (Wildman–Crippen MR) is 136 cm³/mol. The van der Waals surface area contributed by atoms with E-state index in [4.69, 9.17) is 4.74 Å². The van der Waals surface area contributed by atoms with Gasteiger partial charge in [-0.1, -0.05) is 18.2 Å². The van der Waals surface area contributed by atoms with E-state index in [-0.39, 0.29) is 22.9 Å². The average molecular weight is 562 g/mol. The second-order valence-corrected chi connectivity index (χ2v) is 11.4. The first-order valence-electron chi connectivity index (χ1n) is 11.4. The van der Waals surface area contributed by atoms with Gasteiger partial charge in [-0.05, 0) is 53.4 Å². The van der Waals surface area contributed by atoms with E-state index < -0.39 is 52.3 Å². The third-order valence-electron chi connectivity index (χ3n) is 5.99. The number of sulfonamides is 1. The van der Waals surface area contributed by atoms with Gasteiger partial charge < -0.3 is 20.1 Å². The Morgan fingerprint density at radius 3 is 2.37 bits per heavy atom. The zero-order valence-corrected chi connectivity index (χ0v) is 21.7. The van der Waals surface area contributed by atoms with Crippen LogP contribution in [0, 0.1) is 5.82 Å². The van der Waals surface area contributed by atoms with Gasteiger partial charge in [0.25, 0.3) is 21.8 Å². The SMILES string of the molecule is COc1ccc(C(=O)N2CCN(S(=O)(=O)c3cccs3)C2C(=O)NC(CC(=O)O)c2ccc(F)cc2)cc1. The second kappa shape index (κ2) is 11.3. The molecule has 0 spiro atoms. The fraction of sp³-hybridized carbons (Fsp3) is 0.240. The summed E-state index contributed by atoms with van der Waals surface area (Å²) in [6, 6.07) is 12.9. The summed E-state index contributed by atoms with van der Waals surface area (Å²) < 4.78 is 46.4. The Kier molecular flexibility index (Phi) is 8.09. The molecule has 38 heavy (non-hydrogen) atoms. The second-order valence-electron chi connectivity index (χ2n) is 8.36. The lowest BCUT2D eigenvalue weighted by Gasteiger charge is -2.30. The number of thiophene rings is 1. The first-order valence-corrected chi connectivity index (χ1v) is 13.7. The summed E-state index contributed by atoms with van der Waals surface area (Å²) in [6.07, 6.45) is -2.14. The molecule has 1 fully saturated rings. The molecule has 2 amide bonds. The quantitative estimate of drug-likeness (QED) is 0.410. The first kappa shape index (κ1) is 27.2. The first-order chi connectivity index (χ1) is 18.1. The zero-order chi connectivity index (χ0) is 27.4. The molecule has 2 N–H and O–H groups in total. The van der Waals surface area contributed by atoms with E-state index in [1.54, 1.807) is 23.6 Å². The molecule has 4 rings (SSSR count). The van der Waals surface area contributed by atoms with Crippen LogP contribution in [0.5, 0.6) is 5.75 Å². The van der Waals surface area contributed by atoms with Crippen LogP contribution in [0.2, 0.25) is 0 Å². The number of carboxylic acids is 1. The van der Waals surface area contributed by atoms with E-state index in [1.165, 1.54) is 37.4 Å². The molecule has 3 aromatic rings. The van der Waals surface area contributed by atoms with Crippen molar-refractivity contribution in [3.05, 3.63) is 83.0 Å². The van der Waals surface area contributed by atoms with Crippen LogP contribution in [-0.2, 0) is 19.6 Å². The molecule has 0 bridgehead atoms. The van der Waals surface area contributed by atoms with E-state index in [0.717, 1.165) is 32.7 Å². The van der Waals surface area contributed by atoms with Crippen molar-refractivity contribution in [1.29, 1.82) is 0 Å². The molecule has 1 saturated heterocycles. The Bertz CT molecular complexity index is 1410. The summed E-state index contributed by atoms with van der Waals surface area (Å²) >= 11 is 0.969. The minimum Gasteiger partial charge on any atom is -0.497 e. The van der Waals surface area contributed by atoms with Crippen LogP contribution in [0.3, 0.4) is 0 Å². The summed E-state index contributed by atoms with van der Waals surface area (Å²) in [5.41, 5.74) is 0.514. The van der Waals surface area contributed by atoms with Gasteiger partial charge in [0.1, 0.15) is 15.8 Å². The molecular weight excluding hydrogens is 537 g/mol. The molecule has 2 aromatic carbocycles. The van der Waals surface area contributed by atoms with Gasteiger partial charge in [0.05, 0.1) is 19.6 Å². The summed E-state index contributed by atoms with van der Waals surface area (Å²) in [5, 5.41) is 13.6. The van der Waals surface area contributed by atoms with Crippen LogP contribution in [0.1, 0.15) is 28.4 Å². The lowest BCUT2D eigenvalue weighted by Crippen LogP contribution is -2.54. The fourth-order valence-corrected chi connectivity index (χ4v) is 6.80. The fourth-order valence-electron chi connectivity index (χ4n) is 4.14. The standard InChI is InChI=1S/C25H24FN3O7S2/c1-36-19-10-6-17(7-11-19)25(33)28-12-13-29(38(34,35)22-3-2-14-37-22)24(28)23(32)27-20(15-21(30)31)16-4-8-18(26)9-5-16/h2-11,14,20,24H,12-13,15H2,1H3,(H,27,32)(H,30,31). The van der Waals surface area contributed by atoms with Gasteiger partial charge in [-0.25, -0.2) is 12.8 Å². The van der Waals surface area contributed by atoms with E-state index in [2.05, 4.69) is 5.32 Å². The number of amides is 2. The van der Waals surface area contributed by atoms with Crippen molar-refractivity contribution in [3.63, 3.8) is 0 Å². The number of carbonyl (C=O) groups excluding carboxylic acids is 2. The number of hydrogen-bond donors (Lipinski definition) is 2. The largest absolute Gasteiger partial charge is 0.497 e. The Morgan fingerprint density at radius 1 is 1.11 bits per heavy atom. The maximum absolute atomic E-state index is 13.7. The van der Waals surface area contributed by atoms with Crippen LogP contribution in [-0.4, -0.2) is 66.9 Å². The highest BCUT2D eigenvalue weighted by Crippen LogP contribution is 2.29. The molecule has 10 nitrogen and oxygen atoms in total. The van der Waals surface area contributed by atoms with E-state index in [9.17, 15) is 32.3 Å². The number of rotatable bonds is 9. The molecule has 1 aromatic heterocycles. The number of ether oxygens (including phenoxy) is 1. The van der Waals surface area contributed by atoms with E-state index in [0.29, 0.717) is 11.3 Å². The lowest BCUT2D eigenvalue weighted by molar-refractivity contribution is -0.138. The highest BCUT2D eigenvalue weighted by Gasteiger charge is 2.47. The molecule has 0 aliphatic carbocycles. The lowest BCUT2D eigenvalue weighted by atomic mass is 10.0. The van der Waals surface area contributed by atoms with Gasteiger partial charge in [-0.15, -0.1) is 11.3 Å². The third kappa shape index (κ3) is 5.69. The smallest absolute Gasteiger partial charge is 0.305 e. The van der Waals surface area contributed by atoms with Crippen molar-refractivity contribution in [2.45, 2.75) is 22.8 Å². The van der Waals surface area contributed by atoms with Gasteiger partial charge in [0, 0.05) is 18.7 Å². The maximum Gasteiger partial charge on any atom is 0.305 e. The molecule has 0 saturated carbocycles. The van der Waals surface area contributed by atoms with Gasteiger partial charge in [0.2, 0.25) is 0 Å². The Hall–Kier alpha value is -3.81. The average Bonchev–Trinajstić information content (AvgIpc) is 3.60. The normalized spacial score (nSPS) is 16.7. The van der Waals surface area contributed by atoms with Crippen LogP contribution in [0.15, 0.2) is 70.3 Å². The maximum atomic E-state index is 13.7. The molecule has 2 atom stereocenters. The monoisotopic (exact) mass is 561 g/mol. The molecule has 200 valence electrons. The number of halogens is 1. The molecule has 1 aliphatic heterocycles. The highest BCUT2D eigenvalue weighted by molar-refractivity contribution is 7.91. The predicted octanol–water partition coefficient (Wildman–Crippen LogP) is 2.70. The highest BCUT2D eigenvalue weighted by atomic mass is 32.2. The van der Waals surface area contributed by atoms with Gasteiger partial charge >= 0.3 is 5.97 Å². The Balaban J connectivity index is 1.70. The number of nitrogens with one attached hydrogen (secondary N) is 1. The van der Waals surface area contributed by atoms with Gasteiger partial charge in [0.15, 0.2) is 6.17 Å².